The molecule has 0 saturated heterocycles. The molecule has 0 unspecified atom stereocenters. The third-order valence-electron chi connectivity index (χ3n) is 1.83. The van der Waals surface area contributed by atoms with Crippen LogP contribution in [-0.2, 0) is 7.05 Å². The van der Waals surface area contributed by atoms with Crippen LogP contribution in [0.2, 0.25) is 0 Å². The van der Waals surface area contributed by atoms with E-state index in [0.717, 1.165) is 15.7 Å². The van der Waals surface area contributed by atoms with Crippen LogP contribution in [0, 0.1) is 0 Å². The van der Waals surface area contributed by atoms with E-state index in [4.69, 9.17) is 0 Å². The van der Waals surface area contributed by atoms with Gasteiger partial charge in [0.15, 0.2) is 0 Å². The molecule has 0 aliphatic rings. The maximum absolute atomic E-state index is 3.87. The lowest BCUT2D eigenvalue weighted by Gasteiger charge is -2.00. The van der Waals surface area contributed by atoms with Gasteiger partial charge < -0.3 is 0 Å². The maximum Gasteiger partial charge on any atom is 0.0882 e. The van der Waals surface area contributed by atoms with Crippen molar-refractivity contribution in [2.45, 2.75) is 0 Å². The van der Waals surface area contributed by atoms with E-state index in [0.29, 0.717) is 0 Å². The summed E-state index contributed by atoms with van der Waals surface area (Å²) in [5.74, 6) is 0. The van der Waals surface area contributed by atoms with E-state index >= 15 is 0 Å². The first-order chi connectivity index (χ1) is 6.27. The molecule has 0 spiro atoms. The first-order valence-corrected chi connectivity index (χ1v) is 4.67. The van der Waals surface area contributed by atoms with Crippen molar-refractivity contribution >= 4 is 15.9 Å². The molecule has 0 radical (unpaired) electrons. The van der Waals surface area contributed by atoms with Gasteiger partial charge in [0.25, 0.3) is 0 Å². The predicted octanol–water partition coefficient (Wildman–Crippen LogP) is 2.24. The zero-order valence-corrected chi connectivity index (χ0v) is 8.69. The number of aryl methyl sites for hydroxylation is 1. The van der Waals surface area contributed by atoms with Gasteiger partial charge in [0.2, 0.25) is 0 Å². The van der Waals surface area contributed by atoms with Crippen LogP contribution < -0.4 is 0 Å². The minimum atomic E-state index is 1.02. The highest BCUT2D eigenvalue weighted by Gasteiger charge is 2.02. The average Bonchev–Trinajstić information content (AvgIpc) is 2.51. The first-order valence-electron chi connectivity index (χ1n) is 3.88. The van der Waals surface area contributed by atoms with Gasteiger partial charge in [0, 0.05) is 17.1 Å². The summed E-state index contributed by atoms with van der Waals surface area (Å²) in [7, 11) is 1.88. The predicted molar refractivity (Wildman–Crippen MR) is 54.1 cm³/mol. The Morgan fingerprint density at radius 3 is 2.85 bits per heavy atom. The molecule has 0 amide bonds. The van der Waals surface area contributed by atoms with Crippen LogP contribution in [0.4, 0.5) is 0 Å². The molecule has 0 N–H and O–H groups in total. The first kappa shape index (κ1) is 8.44. The van der Waals surface area contributed by atoms with Crippen molar-refractivity contribution in [1.82, 2.24) is 15.0 Å². The van der Waals surface area contributed by atoms with Crippen molar-refractivity contribution in [3.63, 3.8) is 0 Å². The Hall–Kier alpha value is -1.16. The largest absolute Gasteiger partial charge is 0.248 e. The fourth-order valence-electron chi connectivity index (χ4n) is 1.20. The molecule has 1 aromatic carbocycles. The lowest BCUT2D eigenvalue weighted by molar-refractivity contribution is 0.720. The van der Waals surface area contributed by atoms with E-state index < -0.39 is 0 Å². The van der Waals surface area contributed by atoms with Crippen LogP contribution in [0.3, 0.4) is 0 Å². The Balaban J connectivity index is 2.53. The second-order valence-electron chi connectivity index (χ2n) is 2.75. The molecule has 66 valence electrons. The van der Waals surface area contributed by atoms with E-state index in [2.05, 4.69) is 26.2 Å². The summed E-state index contributed by atoms with van der Waals surface area (Å²) in [6, 6.07) is 8.06. The average molecular weight is 238 g/mol. The number of benzene rings is 1. The summed E-state index contributed by atoms with van der Waals surface area (Å²) in [5.41, 5.74) is 2.13. The fourth-order valence-corrected chi connectivity index (χ4v) is 1.60. The lowest BCUT2D eigenvalue weighted by atomic mass is 10.2. The third kappa shape index (κ3) is 1.62. The van der Waals surface area contributed by atoms with Gasteiger partial charge >= 0.3 is 0 Å². The summed E-state index contributed by atoms with van der Waals surface area (Å²) >= 11 is 3.42. The van der Waals surface area contributed by atoms with E-state index in [-0.39, 0.29) is 0 Å². The van der Waals surface area contributed by atoms with E-state index in [9.17, 15) is 0 Å². The zero-order valence-electron chi connectivity index (χ0n) is 7.11. The van der Waals surface area contributed by atoms with Crippen molar-refractivity contribution in [2.24, 2.45) is 7.05 Å². The number of rotatable bonds is 1. The molecular weight excluding hydrogens is 230 g/mol. The molecule has 2 aromatic rings. The second kappa shape index (κ2) is 3.30. The van der Waals surface area contributed by atoms with E-state index in [1.165, 1.54) is 0 Å². The molecule has 0 aliphatic heterocycles. The van der Waals surface area contributed by atoms with Crippen molar-refractivity contribution in [2.75, 3.05) is 0 Å². The minimum Gasteiger partial charge on any atom is -0.248 e. The summed E-state index contributed by atoms with van der Waals surface area (Å²) < 4.78 is 2.81. The number of nitrogens with zero attached hydrogens (tertiary/aromatic N) is 3. The standard InChI is InChI=1S/C9H8BrN3/c1-13-9(6-11-12-13)7-3-2-4-8(10)5-7/h2-6H,1H3. The molecule has 1 heterocycles. The van der Waals surface area contributed by atoms with Crippen molar-refractivity contribution in [3.05, 3.63) is 34.9 Å². The second-order valence-corrected chi connectivity index (χ2v) is 3.67. The highest BCUT2D eigenvalue weighted by molar-refractivity contribution is 9.10. The fraction of sp³-hybridized carbons (Fsp3) is 0.111. The van der Waals surface area contributed by atoms with Gasteiger partial charge in [-0.2, -0.15) is 0 Å². The molecule has 3 nitrogen and oxygen atoms in total. The number of hydrogen-bond donors (Lipinski definition) is 0. The summed E-state index contributed by atoms with van der Waals surface area (Å²) in [6.45, 7) is 0. The van der Waals surface area contributed by atoms with E-state index in [1.807, 2.05) is 31.3 Å². The molecule has 2 rings (SSSR count). The Bertz CT molecular complexity index is 422. The lowest BCUT2D eigenvalue weighted by Crippen LogP contribution is -1.93. The molecule has 0 atom stereocenters. The highest BCUT2D eigenvalue weighted by atomic mass is 79.9. The Labute approximate surface area is 84.5 Å². The van der Waals surface area contributed by atoms with Crippen LogP contribution in [0.1, 0.15) is 0 Å². The number of aromatic nitrogens is 3. The number of hydrogen-bond acceptors (Lipinski definition) is 2. The van der Waals surface area contributed by atoms with Crippen LogP contribution in [0.5, 0.6) is 0 Å². The Morgan fingerprint density at radius 2 is 2.23 bits per heavy atom. The van der Waals surface area contributed by atoms with Crippen LogP contribution in [-0.4, -0.2) is 15.0 Å². The molecule has 13 heavy (non-hydrogen) atoms. The third-order valence-corrected chi connectivity index (χ3v) is 2.33. The molecule has 0 aliphatic carbocycles. The molecule has 1 aromatic heterocycles. The summed E-state index contributed by atoms with van der Waals surface area (Å²) in [5, 5.41) is 7.70. The topological polar surface area (TPSA) is 30.7 Å². The van der Waals surface area contributed by atoms with Gasteiger partial charge in [-0.25, -0.2) is 4.68 Å². The normalized spacial score (nSPS) is 10.3. The van der Waals surface area contributed by atoms with Gasteiger partial charge in [-0.05, 0) is 12.1 Å². The quantitative estimate of drug-likeness (QED) is 0.762. The van der Waals surface area contributed by atoms with Crippen molar-refractivity contribution in [3.8, 4) is 11.3 Å². The monoisotopic (exact) mass is 237 g/mol. The maximum atomic E-state index is 3.87. The molecule has 4 heteroatoms. The number of halogens is 1. The van der Waals surface area contributed by atoms with Crippen LogP contribution in [0.15, 0.2) is 34.9 Å². The molecule has 0 saturated carbocycles. The van der Waals surface area contributed by atoms with Crippen molar-refractivity contribution in [1.29, 1.82) is 0 Å². The smallest absolute Gasteiger partial charge is 0.0882 e. The van der Waals surface area contributed by atoms with Gasteiger partial charge in [-0.3, -0.25) is 0 Å². The highest BCUT2D eigenvalue weighted by Crippen LogP contribution is 2.20. The molecule has 0 bridgehead atoms. The van der Waals surface area contributed by atoms with Crippen LogP contribution >= 0.6 is 15.9 Å². The Kier molecular flexibility index (Phi) is 2.14. The Morgan fingerprint density at radius 1 is 1.38 bits per heavy atom. The van der Waals surface area contributed by atoms with Gasteiger partial charge in [0.05, 0.1) is 11.9 Å². The van der Waals surface area contributed by atoms with Gasteiger partial charge in [-0.15, -0.1) is 5.10 Å². The van der Waals surface area contributed by atoms with Crippen molar-refractivity contribution < 1.29 is 0 Å². The molecule has 0 fully saturated rings. The van der Waals surface area contributed by atoms with Gasteiger partial charge in [-0.1, -0.05) is 33.3 Å². The SMILES string of the molecule is Cn1nncc1-c1cccc(Br)c1. The summed E-state index contributed by atoms with van der Waals surface area (Å²) in [4.78, 5) is 0. The molecular formula is C9H8BrN3. The van der Waals surface area contributed by atoms with Crippen LogP contribution in [0.25, 0.3) is 11.3 Å². The van der Waals surface area contributed by atoms with E-state index in [1.54, 1.807) is 10.9 Å². The van der Waals surface area contributed by atoms with Gasteiger partial charge in [0.1, 0.15) is 0 Å². The zero-order chi connectivity index (χ0) is 9.26. The summed E-state index contributed by atoms with van der Waals surface area (Å²) in [6.07, 6.45) is 1.75. The minimum absolute atomic E-state index is 1.02.